The lowest BCUT2D eigenvalue weighted by Crippen LogP contribution is -2.38. The SMILES string of the molecule is CN(C/C=C/c1ccc([N+](=O)[O-])cc1)CCNS(=O)(=O)c1cc(-c2ccccc2)cc2cnccc12.CN(CCNS(=O)(=O)c1cc(-c2ccccc2)cc2cnccc12)CC(O)C(O)c1ccc([N+](=O)[O-])cc1.O=[N+]([O-])c1ccc(/C=C/CNCCNS(=O)(=O)c2cc(-c3ccccc3)cc3cnccc23)cc1. The van der Waals surface area contributed by atoms with E-state index in [9.17, 15) is 65.8 Å². The molecule has 29 heteroatoms. The lowest BCUT2D eigenvalue weighted by atomic mass is 10.0. The molecule has 0 radical (unpaired) electrons. The summed E-state index contributed by atoms with van der Waals surface area (Å²) in [7, 11) is -7.82. The molecule has 0 bridgehead atoms. The van der Waals surface area contributed by atoms with Gasteiger partial charge in [0, 0.05) is 165 Å². The van der Waals surface area contributed by atoms with E-state index in [-0.39, 0.29) is 64.5 Å². The van der Waals surface area contributed by atoms with Crippen molar-refractivity contribution in [2.75, 3.05) is 73.0 Å². The van der Waals surface area contributed by atoms with Crippen LogP contribution >= 0.6 is 0 Å². The van der Waals surface area contributed by atoms with E-state index in [1.54, 1.807) is 110 Å². The lowest BCUT2D eigenvalue weighted by molar-refractivity contribution is -0.385. The Morgan fingerprint density at radius 1 is 0.422 bits per heavy atom. The average molecular weight is 1530 g/mol. The zero-order chi connectivity index (χ0) is 77.5. The molecule has 0 amide bonds. The standard InChI is InChI=1S/C27H28N4O6S.C27H26N4O4S.C26H24N4O4S/c1-30(18-25(32)27(33)20-7-9-23(10-8-20)31(34)35)14-13-29-38(36,37)26-16-21(19-5-3-2-4-6-19)15-22-17-28-12-11-24(22)26;1-30(16-5-6-21-9-11-25(12-10-21)31(32)33)17-15-29-36(34,35)27-19-23(22-7-3-2-4-8-22)18-24-20-28-14-13-26(24)27;31-30(32)24-10-8-20(9-11-24)5-4-13-27-15-16-29-35(33,34)26-18-22(21-6-2-1-3-7-21)17-23-19-28-14-12-25(23)26/h2-12,15-17,25,27,29,32-33H,13-14,18H2,1H3;2-14,18-20,29H,15-17H2,1H3;1-12,14,17-19,27,29H,13,15-16H2/b;6-5+;5-4+. The predicted molar refractivity (Wildman–Crippen MR) is 423 cm³/mol. The topological polar surface area (TPSA) is 366 Å². The first-order valence-corrected chi connectivity index (χ1v) is 38.7. The number of nitro groups is 3. The highest BCUT2D eigenvalue weighted by Gasteiger charge is 2.25. The minimum absolute atomic E-state index is 0.0471. The number of nitrogens with one attached hydrogen (secondary N) is 4. The molecule has 0 aliphatic carbocycles. The lowest BCUT2D eigenvalue weighted by Gasteiger charge is -2.24. The van der Waals surface area contributed by atoms with Crippen LogP contribution in [0.5, 0.6) is 0 Å². The van der Waals surface area contributed by atoms with Gasteiger partial charge in [-0.15, -0.1) is 0 Å². The number of pyridine rings is 3. The number of non-ortho nitro benzene ring substituents is 3. The molecule has 6 N–H and O–H groups in total. The molecule has 2 unspecified atom stereocenters. The minimum Gasteiger partial charge on any atom is -0.389 e. The molecule has 109 heavy (non-hydrogen) atoms. The summed E-state index contributed by atoms with van der Waals surface area (Å²) in [5.74, 6) is 0. The van der Waals surface area contributed by atoms with Crippen LogP contribution in [-0.2, 0) is 30.1 Å². The molecule has 0 aliphatic heterocycles. The molecule has 3 aromatic heterocycles. The number of nitro benzene ring substituents is 3. The van der Waals surface area contributed by atoms with Gasteiger partial charge >= 0.3 is 0 Å². The number of sulfonamides is 3. The molecular formula is C80H78N12O14S3. The van der Waals surface area contributed by atoms with Crippen molar-refractivity contribution in [3.8, 4) is 33.4 Å². The van der Waals surface area contributed by atoms with E-state index in [2.05, 4.69) is 34.4 Å². The van der Waals surface area contributed by atoms with E-state index < -0.39 is 57.0 Å². The highest BCUT2D eigenvalue weighted by atomic mass is 32.2. The van der Waals surface area contributed by atoms with E-state index in [1.807, 2.05) is 145 Å². The van der Waals surface area contributed by atoms with Crippen molar-refractivity contribution in [1.82, 2.24) is 44.2 Å². The number of aliphatic hydroxyl groups is 2. The van der Waals surface area contributed by atoms with Gasteiger partial charge in [0.1, 0.15) is 6.10 Å². The number of hydrogen-bond donors (Lipinski definition) is 6. The quantitative estimate of drug-likeness (QED) is 0.0133. The third-order valence-electron chi connectivity index (χ3n) is 17.3. The van der Waals surface area contributed by atoms with E-state index in [0.29, 0.717) is 53.3 Å². The van der Waals surface area contributed by atoms with E-state index in [0.717, 1.165) is 55.3 Å². The third-order valence-corrected chi connectivity index (χ3v) is 21.8. The minimum atomic E-state index is -3.88. The highest BCUT2D eigenvalue weighted by Crippen LogP contribution is 2.34. The van der Waals surface area contributed by atoms with Crippen molar-refractivity contribution in [2.45, 2.75) is 26.9 Å². The second-order valence-electron chi connectivity index (χ2n) is 25.1. The molecule has 0 fully saturated rings. The molecule has 560 valence electrons. The maximum atomic E-state index is 13.3. The Hall–Kier alpha value is -11.6. The van der Waals surface area contributed by atoms with E-state index in [1.165, 1.54) is 48.5 Å². The maximum Gasteiger partial charge on any atom is 0.269 e. The number of aromatic nitrogens is 3. The van der Waals surface area contributed by atoms with Crippen LogP contribution in [0.15, 0.2) is 282 Å². The van der Waals surface area contributed by atoms with Crippen molar-refractivity contribution in [2.24, 2.45) is 0 Å². The van der Waals surface area contributed by atoms with Crippen molar-refractivity contribution >= 4 is 91.6 Å². The van der Waals surface area contributed by atoms with Crippen LogP contribution in [-0.4, -0.2) is 154 Å². The molecule has 12 rings (SSSR count). The van der Waals surface area contributed by atoms with Crippen molar-refractivity contribution < 1.29 is 50.2 Å². The molecule has 9 aromatic carbocycles. The van der Waals surface area contributed by atoms with Crippen LogP contribution in [0.1, 0.15) is 22.8 Å². The highest BCUT2D eigenvalue weighted by molar-refractivity contribution is 7.90. The molecule has 2 atom stereocenters. The van der Waals surface area contributed by atoms with Crippen molar-refractivity contribution in [3.63, 3.8) is 0 Å². The van der Waals surface area contributed by atoms with Gasteiger partial charge in [-0.25, -0.2) is 39.4 Å². The van der Waals surface area contributed by atoms with Crippen molar-refractivity contribution in [3.05, 3.63) is 315 Å². The van der Waals surface area contributed by atoms with Crippen LogP contribution in [0.4, 0.5) is 17.1 Å². The Morgan fingerprint density at radius 2 is 0.771 bits per heavy atom. The van der Waals surface area contributed by atoms with Gasteiger partial charge in [0.15, 0.2) is 0 Å². The van der Waals surface area contributed by atoms with Gasteiger partial charge in [-0.3, -0.25) is 45.3 Å². The van der Waals surface area contributed by atoms with Gasteiger partial charge in [-0.05, 0) is 155 Å². The summed E-state index contributed by atoms with van der Waals surface area (Å²) in [4.78, 5) is 47.5. The molecule has 3 heterocycles. The smallest absolute Gasteiger partial charge is 0.269 e. The number of rotatable bonds is 31. The monoisotopic (exact) mass is 1530 g/mol. The summed E-state index contributed by atoms with van der Waals surface area (Å²) < 4.78 is 87.5. The summed E-state index contributed by atoms with van der Waals surface area (Å²) in [5.41, 5.74) is 7.14. The number of likely N-dealkylation sites (N-methyl/N-ethyl adjacent to an activating group) is 2. The molecule has 0 saturated carbocycles. The largest absolute Gasteiger partial charge is 0.389 e. The molecule has 0 saturated heterocycles. The van der Waals surface area contributed by atoms with E-state index >= 15 is 0 Å². The summed E-state index contributed by atoms with van der Waals surface area (Å²) in [6.07, 6.45) is 14.8. The second-order valence-corrected chi connectivity index (χ2v) is 30.3. The number of aliphatic hydroxyl groups excluding tert-OH is 2. The number of hydrogen-bond acceptors (Lipinski definition) is 20. The Kier molecular flexibility index (Phi) is 27.7. The summed E-state index contributed by atoms with van der Waals surface area (Å²) >= 11 is 0. The number of benzene rings is 9. The van der Waals surface area contributed by atoms with Gasteiger partial charge in [-0.2, -0.15) is 0 Å². The summed E-state index contributed by atoms with van der Waals surface area (Å²) in [6, 6.07) is 62.5. The van der Waals surface area contributed by atoms with Crippen LogP contribution in [0.3, 0.4) is 0 Å². The average Bonchev–Trinajstić information content (AvgIpc) is 0.785. The molecule has 26 nitrogen and oxygen atoms in total. The fraction of sp³-hybridized carbons (Fsp3) is 0.163. The normalized spacial score (nSPS) is 12.4. The summed E-state index contributed by atoms with van der Waals surface area (Å²) in [6.45, 7) is 2.90. The van der Waals surface area contributed by atoms with Gasteiger partial charge in [0.05, 0.1) is 35.6 Å². The van der Waals surface area contributed by atoms with Gasteiger partial charge in [-0.1, -0.05) is 115 Å². The fourth-order valence-electron chi connectivity index (χ4n) is 11.6. The first kappa shape index (κ1) is 80.0. The maximum absolute atomic E-state index is 13.3. The Morgan fingerprint density at radius 3 is 1.15 bits per heavy atom. The van der Waals surface area contributed by atoms with Gasteiger partial charge in [0.2, 0.25) is 30.1 Å². The molecule has 0 aliphatic rings. The number of fused-ring (bicyclic) bond motifs is 3. The van der Waals surface area contributed by atoms with Crippen LogP contribution in [0, 0.1) is 30.3 Å². The van der Waals surface area contributed by atoms with Gasteiger partial charge < -0.3 is 25.3 Å². The molecule has 0 spiro atoms. The molecule has 12 aromatic rings. The van der Waals surface area contributed by atoms with Crippen LogP contribution in [0.2, 0.25) is 0 Å². The Labute approximate surface area is 630 Å². The number of nitrogens with zero attached hydrogens (tertiary/aromatic N) is 8. The van der Waals surface area contributed by atoms with Crippen molar-refractivity contribution in [1.29, 1.82) is 0 Å². The fourth-order valence-corrected chi connectivity index (χ4v) is 15.4. The summed E-state index contributed by atoms with van der Waals surface area (Å²) in [5, 5.41) is 60.3. The Balaban J connectivity index is 0.000000174. The van der Waals surface area contributed by atoms with E-state index in [4.69, 9.17) is 0 Å². The van der Waals surface area contributed by atoms with Gasteiger partial charge in [0.25, 0.3) is 17.1 Å². The second kappa shape index (κ2) is 37.8. The zero-order valence-electron chi connectivity index (χ0n) is 59.2. The third kappa shape index (κ3) is 22.3. The Bertz CT molecular complexity index is 5550. The van der Waals surface area contributed by atoms with Crippen LogP contribution in [0.25, 0.3) is 77.9 Å². The predicted octanol–water partition coefficient (Wildman–Crippen LogP) is 12.2. The first-order chi connectivity index (χ1) is 52.4. The zero-order valence-corrected chi connectivity index (χ0v) is 61.6. The molecular weight excluding hydrogens is 1450 g/mol. The van der Waals surface area contributed by atoms with Crippen LogP contribution < -0.4 is 19.5 Å². The first-order valence-electron chi connectivity index (χ1n) is 34.2.